The zero-order valence-electron chi connectivity index (χ0n) is 16.8. The van der Waals surface area contributed by atoms with E-state index in [-0.39, 0.29) is 0 Å². The molecule has 0 radical (unpaired) electrons. The Labute approximate surface area is 169 Å². The van der Waals surface area contributed by atoms with Crippen molar-refractivity contribution in [2.45, 2.75) is 0 Å². The summed E-state index contributed by atoms with van der Waals surface area (Å²) in [5.74, 6) is 2.65. The van der Waals surface area contributed by atoms with E-state index in [9.17, 15) is 0 Å². The zero-order valence-corrected chi connectivity index (χ0v) is 16.8. The molecule has 1 aromatic heterocycles. The summed E-state index contributed by atoms with van der Waals surface area (Å²) in [5.41, 5.74) is 1.62. The number of ether oxygens (including phenoxy) is 5. The first kappa shape index (κ1) is 20.6. The predicted molar refractivity (Wildman–Crippen MR) is 111 cm³/mol. The maximum absolute atomic E-state index is 5.86. The van der Waals surface area contributed by atoms with E-state index in [1.807, 2.05) is 36.4 Å². The minimum absolute atomic E-state index is 0.400. The van der Waals surface area contributed by atoms with Gasteiger partial charge in [-0.25, -0.2) is 9.97 Å². The Morgan fingerprint density at radius 2 is 1.45 bits per heavy atom. The van der Waals surface area contributed by atoms with Crippen LogP contribution in [-0.4, -0.2) is 57.7 Å². The maximum Gasteiger partial charge on any atom is 0.163 e. The van der Waals surface area contributed by atoms with Crippen molar-refractivity contribution in [3.05, 3.63) is 42.7 Å². The number of aromatic nitrogens is 2. The van der Waals surface area contributed by atoms with Gasteiger partial charge in [0.25, 0.3) is 0 Å². The van der Waals surface area contributed by atoms with E-state index in [1.165, 1.54) is 6.33 Å². The number of hydrogen-bond donors (Lipinski definition) is 1. The van der Waals surface area contributed by atoms with Gasteiger partial charge in [-0.2, -0.15) is 0 Å². The zero-order chi connectivity index (χ0) is 20.5. The predicted octanol–water partition coefficient (Wildman–Crippen LogP) is 3.43. The van der Waals surface area contributed by atoms with Crippen LogP contribution < -0.4 is 19.5 Å². The fourth-order valence-corrected chi connectivity index (χ4v) is 2.67. The molecule has 0 saturated heterocycles. The highest BCUT2D eigenvalue weighted by Gasteiger charge is 2.13. The molecule has 154 valence electrons. The number of rotatable bonds is 11. The van der Waals surface area contributed by atoms with Gasteiger partial charge >= 0.3 is 0 Å². The Morgan fingerprint density at radius 3 is 2.07 bits per heavy atom. The van der Waals surface area contributed by atoms with Crippen LogP contribution in [0.5, 0.6) is 17.2 Å². The number of hydrogen-bond acceptors (Lipinski definition) is 8. The van der Waals surface area contributed by atoms with Crippen molar-refractivity contribution >= 4 is 22.4 Å². The van der Waals surface area contributed by atoms with E-state index in [4.69, 9.17) is 23.7 Å². The number of nitrogens with one attached hydrogen (secondary N) is 1. The van der Waals surface area contributed by atoms with Crippen LogP contribution in [-0.2, 0) is 9.47 Å². The summed E-state index contributed by atoms with van der Waals surface area (Å²) in [6, 6.07) is 11.3. The third-order valence-corrected chi connectivity index (χ3v) is 4.14. The van der Waals surface area contributed by atoms with Gasteiger partial charge in [0.15, 0.2) is 11.5 Å². The van der Waals surface area contributed by atoms with E-state index in [1.54, 1.807) is 21.3 Å². The quantitative estimate of drug-likeness (QED) is 0.491. The number of nitrogens with zero attached hydrogens (tertiary/aromatic N) is 2. The molecule has 0 atom stereocenters. The van der Waals surface area contributed by atoms with Crippen LogP contribution in [0.3, 0.4) is 0 Å². The molecular formula is C21H25N3O5. The van der Waals surface area contributed by atoms with Gasteiger partial charge in [0.2, 0.25) is 0 Å². The first-order chi connectivity index (χ1) is 14.2. The Bertz CT molecular complexity index is 918. The standard InChI is InChI=1S/C21H25N3O5/c1-25-8-10-28-19-12-17-18(13-20(19)29-11-9-26-2)22-14-23-21(17)24-15-4-6-16(27-3)7-5-15/h4-7,12-14H,8-11H2,1-3H3,(H,22,23,24). The van der Waals surface area contributed by atoms with Crippen LogP contribution >= 0.6 is 0 Å². The lowest BCUT2D eigenvalue weighted by atomic mass is 10.2. The molecule has 0 fully saturated rings. The average Bonchev–Trinajstić information content (AvgIpc) is 2.75. The highest BCUT2D eigenvalue weighted by molar-refractivity contribution is 5.93. The molecule has 0 bridgehead atoms. The fourth-order valence-electron chi connectivity index (χ4n) is 2.67. The molecule has 3 rings (SSSR count). The molecule has 0 spiro atoms. The minimum Gasteiger partial charge on any atom is -0.497 e. The topological polar surface area (TPSA) is 84.0 Å². The smallest absolute Gasteiger partial charge is 0.163 e. The lowest BCUT2D eigenvalue weighted by Crippen LogP contribution is -2.09. The van der Waals surface area contributed by atoms with Gasteiger partial charge < -0.3 is 29.0 Å². The lowest BCUT2D eigenvalue weighted by molar-refractivity contribution is 0.132. The number of fused-ring (bicyclic) bond motifs is 1. The van der Waals surface area contributed by atoms with Gasteiger partial charge in [-0.15, -0.1) is 0 Å². The monoisotopic (exact) mass is 399 g/mol. The van der Waals surface area contributed by atoms with Crippen LogP contribution in [0.15, 0.2) is 42.7 Å². The van der Waals surface area contributed by atoms with Crippen molar-refractivity contribution in [3.63, 3.8) is 0 Å². The second-order valence-electron chi connectivity index (χ2n) is 6.07. The molecule has 0 amide bonds. The molecule has 1 N–H and O–H groups in total. The molecule has 0 aliphatic heterocycles. The molecule has 0 unspecified atom stereocenters. The largest absolute Gasteiger partial charge is 0.497 e. The van der Waals surface area contributed by atoms with E-state index < -0.39 is 0 Å². The van der Waals surface area contributed by atoms with E-state index in [2.05, 4.69) is 15.3 Å². The van der Waals surface area contributed by atoms with Crippen LogP contribution in [0, 0.1) is 0 Å². The average molecular weight is 399 g/mol. The van der Waals surface area contributed by atoms with E-state index in [0.717, 1.165) is 22.3 Å². The maximum atomic E-state index is 5.86. The molecule has 0 aliphatic carbocycles. The van der Waals surface area contributed by atoms with Gasteiger partial charge in [0.1, 0.15) is 31.1 Å². The Kier molecular flexibility index (Phi) is 7.43. The Morgan fingerprint density at radius 1 is 0.793 bits per heavy atom. The second-order valence-corrected chi connectivity index (χ2v) is 6.07. The van der Waals surface area contributed by atoms with Crippen molar-refractivity contribution in [1.82, 2.24) is 9.97 Å². The van der Waals surface area contributed by atoms with E-state index >= 15 is 0 Å². The van der Waals surface area contributed by atoms with Gasteiger partial charge in [0.05, 0.1) is 25.8 Å². The van der Waals surface area contributed by atoms with Crippen LogP contribution in [0.1, 0.15) is 0 Å². The van der Waals surface area contributed by atoms with Crippen LogP contribution in [0.2, 0.25) is 0 Å². The summed E-state index contributed by atoms with van der Waals surface area (Å²) in [6.07, 6.45) is 1.51. The molecule has 0 aliphatic rings. The molecule has 29 heavy (non-hydrogen) atoms. The molecule has 3 aromatic rings. The number of benzene rings is 2. The van der Waals surface area contributed by atoms with Gasteiger partial charge in [-0.05, 0) is 30.3 Å². The van der Waals surface area contributed by atoms with Gasteiger partial charge in [-0.1, -0.05) is 0 Å². The second kappa shape index (κ2) is 10.4. The lowest BCUT2D eigenvalue weighted by Gasteiger charge is -2.15. The Balaban J connectivity index is 1.92. The summed E-state index contributed by atoms with van der Waals surface area (Å²) < 4.78 is 27.0. The number of methoxy groups -OCH3 is 3. The first-order valence-corrected chi connectivity index (χ1v) is 9.18. The molecule has 0 saturated carbocycles. The summed E-state index contributed by atoms with van der Waals surface area (Å²) in [6.45, 7) is 1.75. The SMILES string of the molecule is COCCOc1cc2ncnc(Nc3ccc(OC)cc3)c2cc1OCCOC. The highest BCUT2D eigenvalue weighted by Crippen LogP contribution is 2.35. The summed E-state index contributed by atoms with van der Waals surface area (Å²) in [5, 5.41) is 4.13. The van der Waals surface area contributed by atoms with Crippen LogP contribution in [0.4, 0.5) is 11.5 Å². The molecule has 8 nitrogen and oxygen atoms in total. The summed E-state index contributed by atoms with van der Waals surface area (Å²) in [4.78, 5) is 8.77. The molecule has 1 heterocycles. The summed E-state index contributed by atoms with van der Waals surface area (Å²) in [7, 11) is 4.90. The van der Waals surface area contributed by atoms with Crippen molar-refractivity contribution < 1.29 is 23.7 Å². The van der Waals surface area contributed by atoms with Crippen molar-refractivity contribution in [1.29, 1.82) is 0 Å². The van der Waals surface area contributed by atoms with Gasteiger partial charge in [0, 0.05) is 31.4 Å². The normalized spacial score (nSPS) is 10.7. The minimum atomic E-state index is 0.400. The van der Waals surface area contributed by atoms with Crippen molar-refractivity contribution in [3.8, 4) is 17.2 Å². The third kappa shape index (κ3) is 5.46. The van der Waals surface area contributed by atoms with Gasteiger partial charge in [-0.3, -0.25) is 0 Å². The van der Waals surface area contributed by atoms with Crippen molar-refractivity contribution in [2.24, 2.45) is 0 Å². The molecule has 2 aromatic carbocycles. The van der Waals surface area contributed by atoms with Crippen molar-refractivity contribution in [2.75, 3.05) is 53.1 Å². The fraction of sp³-hybridized carbons (Fsp3) is 0.333. The number of anilines is 2. The Hall–Kier alpha value is -3.10. The van der Waals surface area contributed by atoms with E-state index in [0.29, 0.717) is 43.7 Å². The first-order valence-electron chi connectivity index (χ1n) is 9.18. The molecule has 8 heteroatoms. The summed E-state index contributed by atoms with van der Waals surface area (Å²) >= 11 is 0. The third-order valence-electron chi connectivity index (χ3n) is 4.14. The van der Waals surface area contributed by atoms with Crippen LogP contribution in [0.25, 0.3) is 10.9 Å². The highest BCUT2D eigenvalue weighted by atomic mass is 16.5. The molecular weight excluding hydrogens is 374 g/mol.